The van der Waals surface area contributed by atoms with Crippen LogP contribution in [0.5, 0.6) is 0 Å². The van der Waals surface area contributed by atoms with Crippen molar-refractivity contribution in [2.24, 2.45) is 22.1 Å². The van der Waals surface area contributed by atoms with Gasteiger partial charge in [0.15, 0.2) is 5.96 Å². The number of carbonyl (C=O) groups is 4. The monoisotopic (exact) mass is 620 g/mol. The second kappa shape index (κ2) is 14.8. The number of likely N-dealkylation sites (tertiary alicyclic amines) is 2. The molecule has 1 aromatic rings. The minimum Gasteiger partial charge on any atom is -0.469 e. The van der Waals surface area contributed by atoms with E-state index in [9.17, 15) is 27.6 Å². The van der Waals surface area contributed by atoms with Gasteiger partial charge in [-0.25, -0.2) is 13.1 Å². The standard InChI is InChI=1S/C29H44N6O7S/c1-29(2,27(39)42-3)18-24(36)32-28(30)34-15-12-21(13-16-34)19-31-25(37)23-11-8-14-35(23)26(38)22(33-43(4,40)41)17-20-9-6-5-7-10-20/h5-7,9-10,21-23,33H,8,11-19H2,1-4H3,(H,31,37)(H2,30,32,36)/t22-,23+/m1/s1. The number of nitrogens with zero attached hydrogens (tertiary/aromatic N) is 3. The molecule has 2 heterocycles. The third kappa shape index (κ3) is 10.0. The van der Waals surface area contributed by atoms with Gasteiger partial charge in [0.05, 0.1) is 18.8 Å². The second-order valence-electron chi connectivity index (χ2n) is 11.9. The zero-order valence-electron chi connectivity index (χ0n) is 25.4. The van der Waals surface area contributed by atoms with Crippen LogP contribution in [0.3, 0.4) is 0 Å². The van der Waals surface area contributed by atoms with Crippen molar-refractivity contribution in [2.75, 3.05) is 39.5 Å². The second-order valence-corrected chi connectivity index (χ2v) is 13.7. The summed E-state index contributed by atoms with van der Waals surface area (Å²) in [6, 6.07) is 7.46. The zero-order valence-corrected chi connectivity index (χ0v) is 26.2. The van der Waals surface area contributed by atoms with E-state index < -0.39 is 45.3 Å². The molecule has 4 N–H and O–H groups in total. The van der Waals surface area contributed by atoms with Crippen LogP contribution in [0.1, 0.15) is 51.5 Å². The molecule has 0 aliphatic carbocycles. The number of hydrogen-bond donors (Lipinski definition) is 3. The van der Waals surface area contributed by atoms with Gasteiger partial charge < -0.3 is 25.6 Å². The Morgan fingerprint density at radius 2 is 1.74 bits per heavy atom. The SMILES string of the molecule is COC(=O)C(C)(C)CC(=O)N=C(N)N1CCC(CNC(=O)[C@@H]2CCCN2C(=O)[C@@H](Cc2ccccc2)NS(C)(=O)=O)CC1. The van der Waals surface area contributed by atoms with Gasteiger partial charge in [-0.05, 0) is 57.4 Å². The Bertz CT molecular complexity index is 1290. The number of benzene rings is 1. The molecule has 1 aromatic carbocycles. The number of rotatable bonds is 11. The Hall–Kier alpha value is -3.52. The van der Waals surface area contributed by atoms with Crippen molar-refractivity contribution in [1.29, 1.82) is 0 Å². The lowest BCUT2D eigenvalue weighted by molar-refractivity contribution is -0.152. The first-order valence-electron chi connectivity index (χ1n) is 14.5. The van der Waals surface area contributed by atoms with Gasteiger partial charge in [-0.2, -0.15) is 4.99 Å². The number of sulfonamides is 1. The van der Waals surface area contributed by atoms with E-state index in [1.807, 2.05) is 30.3 Å². The Kier molecular flexibility index (Phi) is 11.7. The van der Waals surface area contributed by atoms with E-state index in [0.29, 0.717) is 51.9 Å². The fourth-order valence-corrected chi connectivity index (χ4v) is 6.19. The van der Waals surface area contributed by atoms with Crippen LogP contribution < -0.4 is 15.8 Å². The number of methoxy groups -OCH3 is 1. The molecule has 43 heavy (non-hydrogen) atoms. The summed E-state index contributed by atoms with van der Waals surface area (Å²) in [4.78, 5) is 58.1. The predicted molar refractivity (Wildman–Crippen MR) is 161 cm³/mol. The normalized spacial score (nSPS) is 19.2. The average Bonchev–Trinajstić information content (AvgIpc) is 3.44. The molecule has 238 valence electrons. The van der Waals surface area contributed by atoms with Crippen LogP contribution in [0.25, 0.3) is 0 Å². The van der Waals surface area contributed by atoms with Crippen LogP contribution in [0.4, 0.5) is 0 Å². The van der Waals surface area contributed by atoms with Crippen molar-refractivity contribution in [3.63, 3.8) is 0 Å². The summed E-state index contributed by atoms with van der Waals surface area (Å²) in [5.41, 5.74) is 5.87. The highest BCUT2D eigenvalue weighted by Gasteiger charge is 2.38. The quantitative estimate of drug-likeness (QED) is 0.179. The number of piperidine rings is 1. The first kappa shape index (κ1) is 34.0. The van der Waals surface area contributed by atoms with Crippen LogP contribution in [-0.2, 0) is 40.4 Å². The van der Waals surface area contributed by atoms with Gasteiger partial charge in [0, 0.05) is 32.6 Å². The smallest absolute Gasteiger partial charge is 0.311 e. The summed E-state index contributed by atoms with van der Waals surface area (Å²) < 4.78 is 31.3. The van der Waals surface area contributed by atoms with Gasteiger partial charge in [-0.1, -0.05) is 30.3 Å². The van der Waals surface area contributed by atoms with Crippen molar-refractivity contribution in [2.45, 2.75) is 64.5 Å². The van der Waals surface area contributed by atoms with Crippen LogP contribution in [0.15, 0.2) is 35.3 Å². The van der Waals surface area contributed by atoms with Crippen LogP contribution in [0.2, 0.25) is 0 Å². The molecule has 14 heteroatoms. The summed E-state index contributed by atoms with van der Waals surface area (Å²) in [7, 11) is -2.40. The topological polar surface area (TPSA) is 181 Å². The Morgan fingerprint density at radius 3 is 2.35 bits per heavy atom. The highest BCUT2D eigenvalue weighted by atomic mass is 32.2. The summed E-state index contributed by atoms with van der Waals surface area (Å²) >= 11 is 0. The molecule has 2 fully saturated rings. The minimum absolute atomic E-state index is 0.0982. The number of aliphatic imine (C=N–C) groups is 1. The summed E-state index contributed by atoms with van der Waals surface area (Å²) in [6.07, 6.45) is 3.64. The van der Waals surface area contributed by atoms with Gasteiger partial charge in [0.2, 0.25) is 27.7 Å². The van der Waals surface area contributed by atoms with Gasteiger partial charge >= 0.3 is 5.97 Å². The number of nitrogens with two attached hydrogens (primary N) is 1. The maximum atomic E-state index is 13.5. The Balaban J connectivity index is 1.52. The van der Waals surface area contributed by atoms with Crippen LogP contribution in [-0.4, -0.2) is 99.5 Å². The summed E-state index contributed by atoms with van der Waals surface area (Å²) in [5.74, 6) is -1.41. The minimum atomic E-state index is -3.67. The van der Waals surface area contributed by atoms with Crippen molar-refractivity contribution in [1.82, 2.24) is 19.8 Å². The molecule has 0 bridgehead atoms. The van der Waals surface area contributed by atoms with E-state index >= 15 is 0 Å². The summed E-state index contributed by atoms with van der Waals surface area (Å²) in [6.45, 7) is 5.12. The van der Waals surface area contributed by atoms with E-state index in [2.05, 4.69) is 15.0 Å². The molecule has 3 rings (SSSR count). The predicted octanol–water partition coefficient (Wildman–Crippen LogP) is 0.397. The number of guanidine groups is 1. The third-order valence-corrected chi connectivity index (χ3v) is 8.56. The maximum absolute atomic E-state index is 13.5. The Morgan fingerprint density at radius 1 is 1.09 bits per heavy atom. The molecule has 0 radical (unpaired) electrons. The fraction of sp³-hybridized carbons (Fsp3) is 0.621. The Labute approximate surface area is 253 Å². The highest BCUT2D eigenvalue weighted by Crippen LogP contribution is 2.24. The van der Waals surface area contributed by atoms with E-state index in [1.165, 1.54) is 12.0 Å². The molecule has 0 aromatic heterocycles. The molecule has 0 saturated carbocycles. The molecule has 2 aliphatic heterocycles. The lowest BCUT2D eigenvalue weighted by Crippen LogP contribution is -2.54. The van der Waals surface area contributed by atoms with Gasteiger partial charge in [0.1, 0.15) is 12.1 Å². The van der Waals surface area contributed by atoms with E-state index in [0.717, 1.165) is 11.8 Å². The van der Waals surface area contributed by atoms with Crippen LogP contribution >= 0.6 is 0 Å². The van der Waals surface area contributed by atoms with E-state index in [1.54, 1.807) is 18.7 Å². The fourth-order valence-electron chi connectivity index (χ4n) is 5.48. The molecule has 2 atom stereocenters. The van der Waals surface area contributed by atoms with Crippen LogP contribution in [0, 0.1) is 11.3 Å². The van der Waals surface area contributed by atoms with Crippen molar-refractivity contribution in [3.8, 4) is 0 Å². The third-order valence-electron chi connectivity index (χ3n) is 7.85. The maximum Gasteiger partial charge on any atom is 0.311 e. The zero-order chi connectivity index (χ0) is 31.8. The van der Waals surface area contributed by atoms with Gasteiger partial charge in [0.25, 0.3) is 0 Å². The number of ether oxygens (including phenoxy) is 1. The van der Waals surface area contributed by atoms with E-state index in [-0.39, 0.29) is 30.6 Å². The molecule has 0 unspecified atom stereocenters. The lowest BCUT2D eigenvalue weighted by Gasteiger charge is -2.33. The lowest BCUT2D eigenvalue weighted by atomic mass is 9.89. The van der Waals surface area contributed by atoms with Crippen molar-refractivity contribution >= 4 is 39.7 Å². The first-order valence-corrected chi connectivity index (χ1v) is 16.4. The first-order chi connectivity index (χ1) is 20.2. The summed E-state index contributed by atoms with van der Waals surface area (Å²) in [5, 5.41) is 2.98. The molecule has 2 saturated heterocycles. The average molecular weight is 621 g/mol. The number of nitrogens with one attached hydrogen (secondary N) is 2. The largest absolute Gasteiger partial charge is 0.469 e. The van der Waals surface area contributed by atoms with Crippen molar-refractivity contribution in [3.05, 3.63) is 35.9 Å². The van der Waals surface area contributed by atoms with Gasteiger partial charge in [-0.3, -0.25) is 19.2 Å². The number of carbonyl (C=O) groups excluding carboxylic acids is 4. The molecule has 13 nitrogen and oxygen atoms in total. The highest BCUT2D eigenvalue weighted by molar-refractivity contribution is 7.88. The molecule has 0 spiro atoms. The number of hydrogen-bond acceptors (Lipinski definition) is 7. The molecular weight excluding hydrogens is 576 g/mol. The number of amides is 3. The molecule has 3 amide bonds. The van der Waals surface area contributed by atoms with E-state index in [4.69, 9.17) is 10.5 Å². The number of esters is 1. The molecular formula is C29H44N6O7S. The van der Waals surface area contributed by atoms with Gasteiger partial charge in [-0.15, -0.1) is 0 Å². The van der Waals surface area contributed by atoms with Crippen molar-refractivity contribution < 1.29 is 32.3 Å². The molecule has 2 aliphatic rings.